The molecule has 0 heterocycles. The van der Waals surface area contributed by atoms with E-state index < -0.39 is 5.79 Å². The van der Waals surface area contributed by atoms with Crippen LogP contribution >= 0.6 is 0 Å². The van der Waals surface area contributed by atoms with Gasteiger partial charge in [-0.25, -0.2) is 0 Å². The fourth-order valence-corrected chi connectivity index (χ4v) is 0.144. The second-order valence-electron chi connectivity index (χ2n) is 1.44. The van der Waals surface area contributed by atoms with Gasteiger partial charge in [0.25, 0.3) is 0 Å². The summed E-state index contributed by atoms with van der Waals surface area (Å²) in [6, 6.07) is 0. The second kappa shape index (κ2) is 2.09. The normalized spacial score (nSPS) is 11.3. The Bertz CT molecular complexity index is 66.5. The topological polar surface area (TPSA) is 40.5 Å². The van der Waals surface area contributed by atoms with Crippen molar-refractivity contribution in [2.45, 2.75) is 19.1 Å². The van der Waals surface area contributed by atoms with Gasteiger partial charge in [0.2, 0.25) is 0 Å². The molecule has 0 unspecified atom stereocenters. The fourth-order valence-electron chi connectivity index (χ4n) is 0.144. The maximum Gasteiger partial charge on any atom is 0.181 e. The molecule has 42 valence electrons. The zero-order chi connectivity index (χ0) is 5.91. The predicted octanol–water partition coefficient (Wildman–Crippen LogP) is 0.263. The van der Waals surface area contributed by atoms with E-state index in [4.69, 9.17) is 10.2 Å². The van der Waals surface area contributed by atoms with Crippen LogP contribution in [-0.2, 0) is 0 Å². The molecular weight excluding hydrogens is 92.1 g/mol. The molecule has 0 atom stereocenters. The highest BCUT2D eigenvalue weighted by Gasteiger charge is 2.12. The Balaban J connectivity index is 3.58. The first-order valence-electron chi connectivity index (χ1n) is 2.20. The van der Waals surface area contributed by atoms with Gasteiger partial charge in [-0.2, -0.15) is 0 Å². The van der Waals surface area contributed by atoms with Crippen molar-refractivity contribution in [1.82, 2.24) is 0 Å². The molecule has 7 heavy (non-hydrogen) atoms. The maximum atomic E-state index is 8.57. The van der Waals surface area contributed by atoms with Crippen LogP contribution in [0.25, 0.3) is 0 Å². The van der Waals surface area contributed by atoms with Crippen molar-refractivity contribution in [2.75, 3.05) is 0 Å². The van der Waals surface area contributed by atoms with E-state index in [1.54, 1.807) is 6.92 Å². The van der Waals surface area contributed by atoms with Crippen molar-refractivity contribution < 1.29 is 10.2 Å². The van der Waals surface area contributed by atoms with Crippen LogP contribution < -0.4 is 0 Å². The summed E-state index contributed by atoms with van der Waals surface area (Å²) in [5, 5.41) is 17.1. The molecule has 0 fully saturated rings. The van der Waals surface area contributed by atoms with Crippen LogP contribution in [0.3, 0.4) is 0 Å². The Morgan fingerprint density at radius 2 is 2.14 bits per heavy atom. The first-order chi connectivity index (χ1) is 3.12. The molecule has 0 radical (unpaired) electrons. The number of aliphatic hydroxyl groups is 2. The summed E-state index contributed by atoms with van der Waals surface area (Å²) in [6.07, 6.45) is 1.39. The molecule has 0 spiro atoms. The zero-order valence-corrected chi connectivity index (χ0v) is 4.39. The monoisotopic (exact) mass is 102 g/mol. The summed E-state index contributed by atoms with van der Waals surface area (Å²) in [7, 11) is 0. The molecule has 0 rings (SSSR count). The van der Waals surface area contributed by atoms with Crippen LogP contribution in [0.5, 0.6) is 0 Å². The van der Waals surface area contributed by atoms with Gasteiger partial charge in [-0.3, -0.25) is 0 Å². The third-order valence-electron chi connectivity index (χ3n) is 0.847. The third kappa shape index (κ3) is 2.37. The summed E-state index contributed by atoms with van der Waals surface area (Å²) in [5.74, 6) is -1.65. The standard InChI is InChI=1S/C5H10O2/c1-3-5(6,7)4-2/h3,6-7H,1,4H2,2H3. The van der Waals surface area contributed by atoms with Crippen LogP contribution in [0.15, 0.2) is 12.7 Å². The van der Waals surface area contributed by atoms with E-state index in [1.165, 1.54) is 0 Å². The quantitative estimate of drug-likeness (QED) is 0.388. The van der Waals surface area contributed by atoms with Gasteiger partial charge in [0.1, 0.15) is 0 Å². The molecule has 0 aliphatic heterocycles. The van der Waals surface area contributed by atoms with E-state index in [0.717, 1.165) is 6.08 Å². The van der Waals surface area contributed by atoms with E-state index in [2.05, 4.69) is 6.58 Å². The Hall–Kier alpha value is -0.340. The predicted molar refractivity (Wildman–Crippen MR) is 27.7 cm³/mol. The molecule has 0 aromatic carbocycles. The van der Waals surface area contributed by atoms with Crippen molar-refractivity contribution in [3.63, 3.8) is 0 Å². The van der Waals surface area contributed by atoms with Gasteiger partial charge >= 0.3 is 0 Å². The van der Waals surface area contributed by atoms with Crippen LogP contribution in [0.4, 0.5) is 0 Å². The molecule has 2 nitrogen and oxygen atoms in total. The van der Waals surface area contributed by atoms with E-state index in [-0.39, 0.29) is 6.42 Å². The summed E-state index contributed by atoms with van der Waals surface area (Å²) in [4.78, 5) is 0. The van der Waals surface area contributed by atoms with E-state index in [0.29, 0.717) is 0 Å². The van der Waals surface area contributed by atoms with Gasteiger partial charge in [-0.05, 0) is 6.08 Å². The minimum absolute atomic E-state index is 0.288. The van der Waals surface area contributed by atoms with Crippen molar-refractivity contribution in [1.29, 1.82) is 0 Å². The first-order valence-corrected chi connectivity index (χ1v) is 2.20. The van der Waals surface area contributed by atoms with Crippen molar-refractivity contribution in [2.24, 2.45) is 0 Å². The number of hydrogen-bond acceptors (Lipinski definition) is 2. The molecule has 0 aliphatic rings. The van der Waals surface area contributed by atoms with E-state index >= 15 is 0 Å². The molecule has 0 saturated carbocycles. The maximum absolute atomic E-state index is 8.57. The van der Waals surface area contributed by atoms with Gasteiger partial charge < -0.3 is 10.2 Å². The Morgan fingerprint density at radius 3 is 2.14 bits per heavy atom. The molecule has 2 N–H and O–H groups in total. The lowest BCUT2D eigenvalue weighted by Crippen LogP contribution is -2.22. The lowest BCUT2D eigenvalue weighted by molar-refractivity contribution is -0.119. The number of hydrogen-bond donors (Lipinski definition) is 2. The average Bonchev–Trinajstić information content (AvgIpc) is 1.68. The third-order valence-corrected chi connectivity index (χ3v) is 0.847. The summed E-state index contributed by atoms with van der Waals surface area (Å²) < 4.78 is 0. The molecule has 2 heteroatoms. The highest BCUT2D eigenvalue weighted by atomic mass is 16.5. The molecule has 0 aromatic heterocycles. The average molecular weight is 102 g/mol. The summed E-state index contributed by atoms with van der Waals surface area (Å²) in [6.45, 7) is 4.87. The van der Waals surface area contributed by atoms with Gasteiger partial charge in [0, 0.05) is 6.42 Å². The molecule has 0 bridgehead atoms. The van der Waals surface area contributed by atoms with Crippen molar-refractivity contribution in [3.05, 3.63) is 12.7 Å². The smallest absolute Gasteiger partial charge is 0.181 e. The van der Waals surface area contributed by atoms with Crippen LogP contribution in [0.2, 0.25) is 0 Å². The van der Waals surface area contributed by atoms with E-state index in [9.17, 15) is 0 Å². The largest absolute Gasteiger partial charge is 0.362 e. The lowest BCUT2D eigenvalue weighted by Gasteiger charge is -2.11. The van der Waals surface area contributed by atoms with Crippen molar-refractivity contribution >= 4 is 0 Å². The first kappa shape index (κ1) is 6.66. The van der Waals surface area contributed by atoms with Gasteiger partial charge in [0.05, 0.1) is 0 Å². The van der Waals surface area contributed by atoms with Gasteiger partial charge in [0.15, 0.2) is 5.79 Å². The van der Waals surface area contributed by atoms with Crippen molar-refractivity contribution in [3.8, 4) is 0 Å². The Labute approximate surface area is 43.1 Å². The fraction of sp³-hybridized carbons (Fsp3) is 0.600. The minimum Gasteiger partial charge on any atom is -0.362 e. The number of rotatable bonds is 2. The van der Waals surface area contributed by atoms with Crippen LogP contribution in [0, 0.1) is 0 Å². The van der Waals surface area contributed by atoms with E-state index in [1.807, 2.05) is 0 Å². The molecule has 0 amide bonds. The Morgan fingerprint density at radius 1 is 1.71 bits per heavy atom. The molecule has 0 saturated heterocycles. The van der Waals surface area contributed by atoms with Crippen LogP contribution in [-0.4, -0.2) is 16.0 Å². The Kier molecular flexibility index (Phi) is 1.99. The minimum atomic E-state index is -1.65. The lowest BCUT2D eigenvalue weighted by atomic mass is 10.2. The molecule has 0 aromatic rings. The van der Waals surface area contributed by atoms with Gasteiger partial charge in [-0.1, -0.05) is 13.5 Å². The zero-order valence-electron chi connectivity index (χ0n) is 4.39. The second-order valence-corrected chi connectivity index (χ2v) is 1.44. The van der Waals surface area contributed by atoms with Gasteiger partial charge in [-0.15, -0.1) is 0 Å². The summed E-state index contributed by atoms with van der Waals surface area (Å²) >= 11 is 0. The van der Waals surface area contributed by atoms with Crippen LogP contribution in [0.1, 0.15) is 13.3 Å². The molecule has 0 aliphatic carbocycles. The highest BCUT2D eigenvalue weighted by Crippen LogP contribution is 2.03. The SMILES string of the molecule is C=CC(O)(O)CC. The summed E-state index contributed by atoms with van der Waals surface area (Å²) in [5.41, 5.74) is 0. The highest BCUT2D eigenvalue weighted by molar-refractivity contribution is 4.83. The molecular formula is C5H10O2.